The first-order chi connectivity index (χ1) is 8.75. The topological polar surface area (TPSA) is 36.0 Å². The van der Waals surface area contributed by atoms with Gasteiger partial charge < -0.3 is 10.1 Å². The number of hydrogen-bond donors (Lipinski definition) is 2. The van der Waals surface area contributed by atoms with Crippen LogP contribution < -0.4 is 0 Å². The van der Waals surface area contributed by atoms with E-state index in [9.17, 15) is 5.11 Å². The molecular weight excluding hydrogens is 246 g/mol. The minimum absolute atomic E-state index is 0.640. The Hall–Kier alpha value is -1.77. The number of aromatic nitrogens is 1. The summed E-state index contributed by atoms with van der Waals surface area (Å²) in [5, 5.41) is 12.1. The Morgan fingerprint density at radius 1 is 1.00 bits per heavy atom. The molecule has 2 N–H and O–H groups in total. The number of aliphatic hydroxyl groups is 1. The lowest BCUT2D eigenvalue weighted by Gasteiger charge is -2.10. The molecule has 0 aliphatic rings. The Kier molecular flexibility index (Phi) is 2.82. The third kappa shape index (κ3) is 1.90. The van der Waals surface area contributed by atoms with Gasteiger partial charge in [0.2, 0.25) is 0 Å². The Morgan fingerprint density at radius 2 is 1.72 bits per heavy atom. The van der Waals surface area contributed by atoms with E-state index in [4.69, 9.17) is 11.6 Å². The number of rotatable bonds is 2. The Morgan fingerprint density at radius 3 is 2.50 bits per heavy atom. The molecule has 0 fully saturated rings. The van der Waals surface area contributed by atoms with Gasteiger partial charge in [-0.25, -0.2) is 0 Å². The average molecular weight is 258 g/mol. The maximum absolute atomic E-state index is 10.4. The molecule has 0 saturated carbocycles. The monoisotopic (exact) mass is 257 g/mol. The molecule has 1 atom stereocenters. The summed E-state index contributed by atoms with van der Waals surface area (Å²) in [4.78, 5) is 3.16. The molecule has 0 bridgehead atoms. The van der Waals surface area contributed by atoms with Crippen LogP contribution in [0.4, 0.5) is 0 Å². The zero-order chi connectivity index (χ0) is 12.5. The van der Waals surface area contributed by atoms with Crippen molar-refractivity contribution in [3.05, 3.63) is 70.9 Å². The fraction of sp³-hybridized carbons (Fsp3) is 0.0667. The number of para-hydroxylation sites is 1. The molecule has 2 nitrogen and oxygen atoms in total. The zero-order valence-corrected chi connectivity index (χ0v) is 10.4. The van der Waals surface area contributed by atoms with Crippen LogP contribution in [0.3, 0.4) is 0 Å². The van der Waals surface area contributed by atoms with Crippen molar-refractivity contribution in [3.63, 3.8) is 0 Å². The maximum atomic E-state index is 10.4. The highest BCUT2D eigenvalue weighted by molar-refractivity contribution is 6.30. The largest absolute Gasteiger partial charge is 0.384 e. The van der Waals surface area contributed by atoms with Gasteiger partial charge in [-0.3, -0.25) is 0 Å². The van der Waals surface area contributed by atoms with Gasteiger partial charge in [0, 0.05) is 27.7 Å². The molecule has 2 aromatic carbocycles. The summed E-state index contributed by atoms with van der Waals surface area (Å²) in [5.74, 6) is 0. The summed E-state index contributed by atoms with van der Waals surface area (Å²) in [7, 11) is 0. The van der Waals surface area contributed by atoms with Crippen LogP contribution in [0.25, 0.3) is 10.9 Å². The number of nitrogens with one attached hydrogen (secondary N) is 1. The number of H-pyrrole nitrogens is 1. The summed E-state index contributed by atoms with van der Waals surface area (Å²) >= 11 is 5.85. The summed E-state index contributed by atoms with van der Waals surface area (Å²) in [5.41, 5.74) is 2.75. The van der Waals surface area contributed by atoms with E-state index in [1.165, 1.54) is 0 Å². The van der Waals surface area contributed by atoms with E-state index in [2.05, 4.69) is 4.98 Å². The van der Waals surface area contributed by atoms with Gasteiger partial charge in [0.1, 0.15) is 6.10 Å². The Balaban J connectivity index is 2.06. The van der Waals surface area contributed by atoms with E-state index in [1.54, 1.807) is 12.1 Å². The predicted octanol–water partition coefficient (Wildman–Crippen LogP) is 3.90. The molecule has 0 aliphatic heterocycles. The van der Waals surface area contributed by atoms with Crippen molar-refractivity contribution in [1.82, 2.24) is 4.98 Å². The minimum atomic E-state index is -0.640. The number of halogens is 1. The number of aromatic amines is 1. The molecule has 0 radical (unpaired) electrons. The van der Waals surface area contributed by atoms with Crippen molar-refractivity contribution in [1.29, 1.82) is 0 Å². The molecule has 18 heavy (non-hydrogen) atoms. The Labute approximate surface area is 110 Å². The lowest BCUT2D eigenvalue weighted by atomic mass is 10.0. The van der Waals surface area contributed by atoms with Crippen LogP contribution in [0.15, 0.2) is 54.7 Å². The van der Waals surface area contributed by atoms with Crippen molar-refractivity contribution in [3.8, 4) is 0 Å². The van der Waals surface area contributed by atoms with E-state index in [0.717, 1.165) is 22.0 Å². The quantitative estimate of drug-likeness (QED) is 0.718. The highest BCUT2D eigenvalue weighted by Crippen LogP contribution is 2.29. The zero-order valence-electron chi connectivity index (χ0n) is 9.60. The van der Waals surface area contributed by atoms with E-state index < -0.39 is 6.10 Å². The van der Waals surface area contributed by atoms with Gasteiger partial charge in [-0.15, -0.1) is 0 Å². The third-order valence-corrected chi connectivity index (χ3v) is 3.35. The molecule has 1 heterocycles. The molecule has 3 heteroatoms. The van der Waals surface area contributed by atoms with Gasteiger partial charge in [0.25, 0.3) is 0 Å². The van der Waals surface area contributed by atoms with Crippen LogP contribution in [0.1, 0.15) is 17.2 Å². The second-order valence-corrected chi connectivity index (χ2v) is 4.68. The summed E-state index contributed by atoms with van der Waals surface area (Å²) < 4.78 is 0. The standard InChI is InChI=1S/C15H12ClNO/c16-11-7-5-10(6-8-11)15(18)13-9-17-14-4-2-1-3-12(13)14/h1-9,15,17-18H/t15-/m0/s1. The first-order valence-corrected chi connectivity index (χ1v) is 6.13. The SMILES string of the molecule is O[C@@H](c1ccc(Cl)cc1)c1c[nH]c2ccccc12. The molecule has 90 valence electrons. The van der Waals surface area contributed by atoms with Crippen molar-refractivity contribution in [2.75, 3.05) is 0 Å². The summed E-state index contributed by atoms with van der Waals surface area (Å²) in [6.07, 6.45) is 1.21. The summed E-state index contributed by atoms with van der Waals surface area (Å²) in [6, 6.07) is 15.2. The van der Waals surface area contributed by atoms with E-state index in [1.807, 2.05) is 42.6 Å². The van der Waals surface area contributed by atoms with E-state index >= 15 is 0 Å². The lowest BCUT2D eigenvalue weighted by molar-refractivity contribution is 0.222. The number of hydrogen-bond acceptors (Lipinski definition) is 1. The smallest absolute Gasteiger partial charge is 0.106 e. The third-order valence-electron chi connectivity index (χ3n) is 3.10. The van der Waals surface area contributed by atoms with E-state index in [0.29, 0.717) is 5.02 Å². The molecule has 0 spiro atoms. The summed E-state index contributed by atoms with van der Waals surface area (Å²) in [6.45, 7) is 0. The molecule has 0 saturated heterocycles. The number of benzene rings is 2. The molecule has 3 aromatic rings. The van der Waals surface area contributed by atoms with Crippen LogP contribution in [0.5, 0.6) is 0 Å². The van der Waals surface area contributed by atoms with Gasteiger partial charge in [0.15, 0.2) is 0 Å². The number of aliphatic hydroxyl groups excluding tert-OH is 1. The highest BCUT2D eigenvalue weighted by atomic mass is 35.5. The van der Waals surface area contributed by atoms with Gasteiger partial charge in [-0.1, -0.05) is 41.9 Å². The van der Waals surface area contributed by atoms with Crippen LogP contribution in [-0.2, 0) is 0 Å². The molecule has 3 rings (SSSR count). The molecule has 0 amide bonds. The Bertz CT molecular complexity index is 672. The van der Waals surface area contributed by atoms with Crippen molar-refractivity contribution in [2.24, 2.45) is 0 Å². The molecule has 1 aromatic heterocycles. The lowest BCUT2D eigenvalue weighted by Crippen LogP contribution is -1.98. The first-order valence-electron chi connectivity index (χ1n) is 5.75. The van der Waals surface area contributed by atoms with Gasteiger partial charge in [0.05, 0.1) is 0 Å². The van der Waals surface area contributed by atoms with Crippen molar-refractivity contribution in [2.45, 2.75) is 6.10 Å². The fourth-order valence-corrected chi connectivity index (χ4v) is 2.27. The predicted molar refractivity (Wildman–Crippen MR) is 73.8 cm³/mol. The second-order valence-electron chi connectivity index (χ2n) is 4.24. The maximum Gasteiger partial charge on any atom is 0.106 e. The molecule has 0 unspecified atom stereocenters. The van der Waals surface area contributed by atoms with Gasteiger partial charge in [-0.2, -0.15) is 0 Å². The van der Waals surface area contributed by atoms with Crippen LogP contribution in [-0.4, -0.2) is 10.1 Å². The van der Waals surface area contributed by atoms with Crippen LogP contribution >= 0.6 is 11.6 Å². The fourth-order valence-electron chi connectivity index (χ4n) is 2.14. The van der Waals surface area contributed by atoms with Crippen molar-refractivity contribution < 1.29 is 5.11 Å². The van der Waals surface area contributed by atoms with Gasteiger partial charge >= 0.3 is 0 Å². The van der Waals surface area contributed by atoms with E-state index in [-0.39, 0.29) is 0 Å². The molecule has 0 aliphatic carbocycles. The highest BCUT2D eigenvalue weighted by Gasteiger charge is 2.14. The van der Waals surface area contributed by atoms with Gasteiger partial charge in [-0.05, 0) is 23.8 Å². The normalized spacial score (nSPS) is 12.8. The minimum Gasteiger partial charge on any atom is -0.384 e. The van der Waals surface area contributed by atoms with Crippen LogP contribution in [0, 0.1) is 0 Å². The van der Waals surface area contributed by atoms with Crippen molar-refractivity contribution >= 4 is 22.5 Å². The van der Waals surface area contributed by atoms with Crippen LogP contribution in [0.2, 0.25) is 5.02 Å². The molecular formula is C15H12ClNO. The first kappa shape index (κ1) is 11.3. The average Bonchev–Trinajstić information content (AvgIpc) is 2.82. The second kappa shape index (κ2) is 4.48. The number of fused-ring (bicyclic) bond motifs is 1.